The number of nitrogens with one attached hydrogen (secondary N) is 5. The molecule has 1 aliphatic carbocycles. The molecule has 0 radical (unpaired) electrons. The summed E-state index contributed by atoms with van der Waals surface area (Å²) in [7, 11) is 0. The van der Waals surface area contributed by atoms with Gasteiger partial charge < -0.3 is 36.1 Å². The van der Waals surface area contributed by atoms with Crippen LogP contribution in [0.25, 0.3) is 0 Å². The molecule has 1 fully saturated rings. The first kappa shape index (κ1) is 36.5. The van der Waals surface area contributed by atoms with Crippen LogP contribution in [0.3, 0.4) is 0 Å². The van der Waals surface area contributed by atoms with E-state index < -0.39 is 60.4 Å². The second-order valence-electron chi connectivity index (χ2n) is 11.5. The van der Waals surface area contributed by atoms with Gasteiger partial charge >= 0.3 is 18.2 Å². The number of benzene rings is 2. The maximum atomic E-state index is 12.9. The highest BCUT2D eigenvalue weighted by Gasteiger charge is 2.45. The number of carboxylic acid groups (broad SMARTS) is 1. The van der Waals surface area contributed by atoms with Crippen LogP contribution in [0.1, 0.15) is 47.3 Å². The molecule has 4 aromatic rings. The van der Waals surface area contributed by atoms with Crippen LogP contribution >= 0.6 is 11.6 Å². The number of aliphatic carboxylic acids is 1. The Bertz CT molecular complexity index is 1860. The molecule has 2 heterocycles. The Labute approximate surface area is 292 Å². The minimum Gasteiger partial charge on any atom is -0.480 e. The Morgan fingerprint density at radius 2 is 1.71 bits per heavy atom. The predicted molar refractivity (Wildman–Crippen MR) is 176 cm³/mol. The molecular weight excluding hydrogens is 699 g/mol. The Hall–Kier alpha value is -5.78. The minimum absolute atomic E-state index is 0.0436. The first-order valence-electron chi connectivity index (χ1n) is 15.5. The number of halogens is 4. The maximum absolute atomic E-state index is 12.9. The van der Waals surface area contributed by atoms with E-state index in [4.69, 9.17) is 16.3 Å². The summed E-state index contributed by atoms with van der Waals surface area (Å²) in [5.74, 6) is -4.08. The van der Waals surface area contributed by atoms with Gasteiger partial charge in [-0.05, 0) is 61.2 Å². The number of ether oxygens (including phenoxy) is 1. The zero-order valence-corrected chi connectivity index (χ0v) is 27.3. The van der Waals surface area contributed by atoms with Crippen LogP contribution in [0.15, 0.2) is 61.1 Å². The van der Waals surface area contributed by atoms with Gasteiger partial charge in [-0.1, -0.05) is 23.7 Å². The van der Waals surface area contributed by atoms with Gasteiger partial charge in [0.1, 0.15) is 6.04 Å². The number of hydrogen-bond acceptors (Lipinski definition) is 11. The van der Waals surface area contributed by atoms with E-state index >= 15 is 0 Å². The molecule has 19 heteroatoms. The third-order valence-corrected chi connectivity index (χ3v) is 7.88. The monoisotopic (exact) mass is 729 g/mol. The van der Waals surface area contributed by atoms with E-state index in [1.54, 1.807) is 18.3 Å². The molecule has 0 bridgehead atoms. The Morgan fingerprint density at radius 1 is 1.00 bits per heavy atom. The van der Waals surface area contributed by atoms with Crippen molar-refractivity contribution in [3.63, 3.8) is 0 Å². The molecule has 6 N–H and O–H groups in total. The van der Waals surface area contributed by atoms with Crippen molar-refractivity contribution in [3.8, 4) is 6.01 Å². The second kappa shape index (κ2) is 15.8. The molecule has 0 aliphatic heterocycles. The van der Waals surface area contributed by atoms with Crippen molar-refractivity contribution in [2.24, 2.45) is 0 Å². The quantitative estimate of drug-likeness (QED) is 0.0854. The molecule has 1 atom stereocenters. The van der Waals surface area contributed by atoms with Crippen molar-refractivity contribution in [3.05, 3.63) is 82.9 Å². The van der Waals surface area contributed by atoms with Gasteiger partial charge in [0, 0.05) is 47.6 Å². The molecule has 2 aromatic carbocycles. The molecule has 0 spiro atoms. The number of imidazole rings is 1. The molecule has 1 aliphatic rings. The van der Waals surface area contributed by atoms with Crippen molar-refractivity contribution in [1.29, 1.82) is 0 Å². The number of rotatable bonds is 17. The smallest absolute Gasteiger partial charge is 0.422 e. The highest BCUT2D eigenvalue weighted by molar-refractivity contribution is 6.36. The van der Waals surface area contributed by atoms with Gasteiger partial charge in [-0.25, -0.2) is 9.78 Å². The lowest BCUT2D eigenvalue weighted by molar-refractivity contribution is -0.154. The number of carbonyl (C=O) groups is 4. The van der Waals surface area contributed by atoms with Crippen LogP contribution in [0.5, 0.6) is 6.01 Å². The average molecular weight is 730 g/mol. The number of nitrogens with zero attached hydrogens (tertiary/aromatic N) is 4. The van der Waals surface area contributed by atoms with Gasteiger partial charge in [-0.3, -0.25) is 14.4 Å². The standard InChI is InChI=1S/C32H31ClF3N9O6/c33-20-5-3-19(4-6-20)31(12-13-31)45-29-42-28(43-30(44-29)51-16-32(34,35)36)40-21-7-1-18(2-8-21)25(47)41-23(27(49)50)9-10-24(46)26(48)38-14-11-22-15-37-17-39-22/h1-8,15,17,23H,9-14,16H2,(H,37,39)(H,38,48)(H,41,47)(H,49,50)(H2,40,42,43,44,45)/t23-/m0/s1. The van der Waals surface area contributed by atoms with E-state index in [1.807, 2.05) is 12.1 Å². The molecule has 0 unspecified atom stereocenters. The third kappa shape index (κ3) is 10.6. The zero-order valence-electron chi connectivity index (χ0n) is 26.6. The fourth-order valence-electron chi connectivity index (χ4n) is 4.83. The summed E-state index contributed by atoms with van der Waals surface area (Å²) in [6, 6.07) is 10.6. The van der Waals surface area contributed by atoms with E-state index in [1.165, 1.54) is 30.6 Å². The number of amides is 2. The normalized spacial score (nSPS) is 13.8. The molecule has 2 amide bonds. The molecule has 51 heavy (non-hydrogen) atoms. The highest BCUT2D eigenvalue weighted by Crippen LogP contribution is 2.48. The molecule has 0 saturated heterocycles. The lowest BCUT2D eigenvalue weighted by Crippen LogP contribution is -2.42. The molecule has 15 nitrogen and oxygen atoms in total. The van der Waals surface area contributed by atoms with Gasteiger partial charge in [0.05, 0.1) is 11.9 Å². The number of Topliss-reactive ketones (excluding diaryl/α,β-unsaturated/α-hetero) is 1. The Balaban J connectivity index is 1.20. The Kier molecular flexibility index (Phi) is 11.3. The van der Waals surface area contributed by atoms with E-state index in [0.717, 1.165) is 11.3 Å². The first-order valence-corrected chi connectivity index (χ1v) is 15.9. The number of ketones is 1. The van der Waals surface area contributed by atoms with Crippen LogP contribution in [0, 0.1) is 0 Å². The maximum Gasteiger partial charge on any atom is 0.422 e. The van der Waals surface area contributed by atoms with E-state index in [9.17, 15) is 37.5 Å². The van der Waals surface area contributed by atoms with Crippen LogP contribution in [-0.4, -0.2) is 79.0 Å². The number of alkyl halides is 3. The summed E-state index contributed by atoms with van der Waals surface area (Å²) in [6.07, 6.45) is -0.527. The van der Waals surface area contributed by atoms with E-state index in [-0.39, 0.29) is 30.4 Å². The zero-order chi connectivity index (χ0) is 36.6. The van der Waals surface area contributed by atoms with Crippen molar-refractivity contribution in [2.45, 2.75) is 49.9 Å². The minimum atomic E-state index is -4.64. The number of carboxylic acids is 1. The van der Waals surface area contributed by atoms with Gasteiger partial charge in [-0.2, -0.15) is 28.1 Å². The molecule has 268 valence electrons. The van der Waals surface area contributed by atoms with Crippen LogP contribution in [0.2, 0.25) is 5.02 Å². The fraction of sp³-hybridized carbons (Fsp3) is 0.312. The van der Waals surface area contributed by atoms with Crippen molar-refractivity contribution < 1.29 is 42.2 Å². The van der Waals surface area contributed by atoms with Gasteiger partial charge in [0.2, 0.25) is 17.7 Å². The second-order valence-corrected chi connectivity index (χ2v) is 11.9. The highest BCUT2D eigenvalue weighted by atomic mass is 35.5. The lowest BCUT2D eigenvalue weighted by Gasteiger charge is -2.19. The largest absolute Gasteiger partial charge is 0.480 e. The number of anilines is 3. The van der Waals surface area contributed by atoms with Gasteiger partial charge in [0.25, 0.3) is 11.8 Å². The molecule has 2 aromatic heterocycles. The summed E-state index contributed by atoms with van der Waals surface area (Å²) in [5, 5.41) is 20.9. The van der Waals surface area contributed by atoms with Gasteiger partial charge in [0.15, 0.2) is 6.61 Å². The lowest BCUT2D eigenvalue weighted by atomic mass is 10.1. The van der Waals surface area contributed by atoms with E-state index in [0.29, 0.717) is 30.0 Å². The number of H-pyrrole nitrogens is 1. The molecule has 1 saturated carbocycles. The van der Waals surface area contributed by atoms with Gasteiger partial charge in [-0.15, -0.1) is 0 Å². The van der Waals surface area contributed by atoms with Crippen LogP contribution in [-0.2, 0) is 26.3 Å². The number of hydrogen-bond donors (Lipinski definition) is 6. The SMILES string of the molecule is O=C(CC[C@H](NC(=O)c1ccc(Nc2nc(NC3(c4ccc(Cl)cc4)CC3)nc(OCC(F)(F)F)n2)cc1)C(=O)O)C(=O)NCCc1cnc[nH]1. The third-order valence-electron chi connectivity index (χ3n) is 7.63. The molecular formula is C32H31ClF3N9O6. The molecule has 5 rings (SSSR count). The summed E-state index contributed by atoms with van der Waals surface area (Å²) in [5.41, 5.74) is 1.46. The fourth-order valence-corrected chi connectivity index (χ4v) is 4.95. The summed E-state index contributed by atoms with van der Waals surface area (Å²) in [4.78, 5) is 68.0. The summed E-state index contributed by atoms with van der Waals surface area (Å²) < 4.78 is 43.5. The Morgan fingerprint density at radius 3 is 2.33 bits per heavy atom. The number of aromatic amines is 1. The summed E-state index contributed by atoms with van der Waals surface area (Å²) >= 11 is 6.01. The number of aromatic nitrogens is 5. The van der Waals surface area contributed by atoms with E-state index in [2.05, 4.69) is 46.2 Å². The number of carbonyl (C=O) groups excluding carboxylic acids is 3. The van der Waals surface area contributed by atoms with Crippen LogP contribution in [0.4, 0.5) is 30.8 Å². The predicted octanol–water partition coefficient (Wildman–Crippen LogP) is 3.93. The van der Waals surface area contributed by atoms with Crippen molar-refractivity contribution >= 4 is 52.8 Å². The first-order chi connectivity index (χ1) is 24.3. The topological polar surface area (TPSA) is 213 Å². The van der Waals surface area contributed by atoms with Crippen molar-refractivity contribution in [1.82, 2.24) is 35.6 Å². The van der Waals surface area contributed by atoms with Crippen molar-refractivity contribution in [2.75, 3.05) is 23.8 Å². The summed E-state index contributed by atoms with van der Waals surface area (Å²) in [6.45, 7) is -1.46. The average Bonchev–Trinajstić information content (AvgIpc) is 3.67. The van der Waals surface area contributed by atoms with Crippen LogP contribution < -0.4 is 26.0 Å².